The summed E-state index contributed by atoms with van der Waals surface area (Å²) in [7, 11) is -3.62. The van der Waals surface area contributed by atoms with Crippen molar-refractivity contribution in [2.24, 2.45) is 0 Å². The van der Waals surface area contributed by atoms with Gasteiger partial charge in [0.05, 0.1) is 27.7 Å². The molecule has 0 spiro atoms. The summed E-state index contributed by atoms with van der Waals surface area (Å²) in [5, 5.41) is 7.32. The number of carbonyl (C=O) groups is 1. The fourth-order valence-corrected chi connectivity index (χ4v) is 3.88. The number of rotatable bonds is 7. The van der Waals surface area contributed by atoms with E-state index in [4.69, 9.17) is 0 Å². The molecular weight excluding hydrogens is 376 g/mol. The lowest BCUT2D eigenvalue weighted by Crippen LogP contribution is -2.28. The third-order valence-electron chi connectivity index (χ3n) is 4.25. The van der Waals surface area contributed by atoms with E-state index in [1.165, 1.54) is 12.1 Å². The van der Waals surface area contributed by atoms with Gasteiger partial charge >= 0.3 is 0 Å². The number of aromatic nitrogens is 2. The smallest absolute Gasteiger partial charge is 0.240 e. The van der Waals surface area contributed by atoms with Crippen molar-refractivity contribution in [3.05, 3.63) is 72.1 Å². The molecule has 0 aliphatic rings. The van der Waals surface area contributed by atoms with Gasteiger partial charge in [0.15, 0.2) is 0 Å². The van der Waals surface area contributed by atoms with Gasteiger partial charge in [-0.15, -0.1) is 0 Å². The first-order chi connectivity index (χ1) is 13.4. The van der Waals surface area contributed by atoms with Crippen LogP contribution in [0, 0.1) is 13.8 Å². The minimum atomic E-state index is -3.62. The molecule has 7 nitrogen and oxygen atoms in total. The second kappa shape index (κ2) is 8.37. The Kier molecular flexibility index (Phi) is 5.91. The monoisotopic (exact) mass is 398 g/mol. The van der Waals surface area contributed by atoms with Crippen LogP contribution < -0.4 is 10.0 Å². The van der Waals surface area contributed by atoms with Crippen LogP contribution in [0.25, 0.3) is 5.69 Å². The summed E-state index contributed by atoms with van der Waals surface area (Å²) in [5.41, 5.74) is 3.04. The second-order valence-electron chi connectivity index (χ2n) is 6.30. The van der Waals surface area contributed by atoms with Crippen molar-refractivity contribution < 1.29 is 13.2 Å². The molecular formula is C20H22N4O3S. The lowest BCUT2D eigenvalue weighted by molar-refractivity contribution is -0.116. The Bertz CT molecular complexity index is 1060. The Morgan fingerprint density at radius 1 is 1.00 bits per heavy atom. The highest BCUT2D eigenvalue weighted by atomic mass is 32.2. The van der Waals surface area contributed by atoms with Crippen LogP contribution in [0.2, 0.25) is 0 Å². The molecule has 1 heterocycles. The van der Waals surface area contributed by atoms with Crippen molar-refractivity contribution in [1.82, 2.24) is 14.5 Å². The molecule has 2 N–H and O–H groups in total. The number of aryl methyl sites for hydroxylation is 1. The van der Waals surface area contributed by atoms with Gasteiger partial charge in [-0.2, -0.15) is 5.10 Å². The molecule has 3 aromatic rings. The van der Waals surface area contributed by atoms with Crippen LogP contribution in [0.3, 0.4) is 0 Å². The molecule has 0 saturated heterocycles. The maximum atomic E-state index is 12.3. The zero-order valence-electron chi connectivity index (χ0n) is 15.7. The zero-order valence-corrected chi connectivity index (χ0v) is 16.5. The summed E-state index contributed by atoms with van der Waals surface area (Å²) in [6.07, 6.45) is 0.0153. The van der Waals surface area contributed by atoms with Gasteiger partial charge < -0.3 is 5.32 Å². The number of benzene rings is 2. The van der Waals surface area contributed by atoms with E-state index in [2.05, 4.69) is 15.1 Å². The molecule has 1 aromatic heterocycles. The first-order valence-electron chi connectivity index (χ1n) is 8.85. The van der Waals surface area contributed by atoms with Crippen LogP contribution in [-0.2, 0) is 14.8 Å². The second-order valence-corrected chi connectivity index (χ2v) is 8.07. The molecule has 28 heavy (non-hydrogen) atoms. The van der Waals surface area contributed by atoms with E-state index in [0.29, 0.717) is 11.4 Å². The van der Waals surface area contributed by atoms with Crippen molar-refractivity contribution in [2.45, 2.75) is 25.2 Å². The molecule has 8 heteroatoms. The average Bonchev–Trinajstić information content (AvgIpc) is 2.97. The molecule has 2 aromatic carbocycles. The highest BCUT2D eigenvalue weighted by Crippen LogP contribution is 2.22. The van der Waals surface area contributed by atoms with Gasteiger partial charge in [0, 0.05) is 13.0 Å². The molecule has 146 valence electrons. The SMILES string of the molecule is Cc1nn(-c2ccccc2)c(C)c1NC(=O)CCNS(=O)(=O)c1ccccc1. The fourth-order valence-electron chi connectivity index (χ4n) is 2.83. The van der Waals surface area contributed by atoms with Gasteiger partial charge in [-0.05, 0) is 38.1 Å². The maximum Gasteiger partial charge on any atom is 0.240 e. The number of para-hydroxylation sites is 1. The van der Waals surface area contributed by atoms with E-state index in [-0.39, 0.29) is 23.8 Å². The van der Waals surface area contributed by atoms with Gasteiger partial charge in [0.1, 0.15) is 0 Å². The molecule has 0 saturated carbocycles. The average molecular weight is 398 g/mol. The zero-order chi connectivity index (χ0) is 20.1. The maximum absolute atomic E-state index is 12.3. The van der Waals surface area contributed by atoms with Crippen molar-refractivity contribution in [3.63, 3.8) is 0 Å². The molecule has 0 radical (unpaired) electrons. The summed E-state index contributed by atoms with van der Waals surface area (Å²) in [6, 6.07) is 17.7. The van der Waals surface area contributed by atoms with Gasteiger partial charge in [0.2, 0.25) is 15.9 Å². The van der Waals surface area contributed by atoms with Gasteiger partial charge in [-0.25, -0.2) is 17.8 Å². The van der Waals surface area contributed by atoms with Gasteiger partial charge in [-0.1, -0.05) is 36.4 Å². The van der Waals surface area contributed by atoms with Crippen LogP contribution in [-0.4, -0.2) is 30.7 Å². The van der Waals surface area contributed by atoms with Crippen LogP contribution in [0.15, 0.2) is 65.6 Å². The molecule has 3 rings (SSSR count). The number of hydrogen-bond acceptors (Lipinski definition) is 4. The van der Waals surface area contributed by atoms with Crippen molar-refractivity contribution in [1.29, 1.82) is 0 Å². The van der Waals surface area contributed by atoms with Gasteiger partial charge in [0.25, 0.3) is 0 Å². The summed E-state index contributed by atoms with van der Waals surface area (Å²) in [5.74, 6) is -0.283. The summed E-state index contributed by atoms with van der Waals surface area (Å²) in [4.78, 5) is 12.5. The Balaban J connectivity index is 1.62. The number of hydrogen-bond donors (Lipinski definition) is 2. The molecule has 0 fully saturated rings. The minimum Gasteiger partial charge on any atom is -0.323 e. The standard InChI is InChI=1S/C20H22N4O3S/c1-15-20(16(2)24(23-15)17-9-5-3-6-10-17)22-19(25)13-14-21-28(26,27)18-11-7-4-8-12-18/h3-12,21H,13-14H2,1-2H3,(H,22,25). The van der Waals surface area contributed by atoms with Gasteiger partial charge in [-0.3, -0.25) is 4.79 Å². The Morgan fingerprint density at radius 3 is 2.25 bits per heavy atom. The number of carbonyl (C=O) groups excluding carboxylic acids is 1. The molecule has 1 amide bonds. The molecule has 0 aliphatic carbocycles. The number of amides is 1. The Labute approximate surface area is 164 Å². The van der Waals surface area contributed by atoms with Crippen molar-refractivity contribution >= 4 is 21.6 Å². The summed E-state index contributed by atoms with van der Waals surface area (Å²) >= 11 is 0. The third kappa shape index (κ3) is 4.47. The highest BCUT2D eigenvalue weighted by Gasteiger charge is 2.17. The number of nitrogens with zero attached hydrogens (tertiary/aromatic N) is 2. The quantitative estimate of drug-likeness (QED) is 0.640. The predicted molar refractivity (Wildman–Crippen MR) is 108 cm³/mol. The van der Waals surface area contributed by atoms with Crippen LogP contribution >= 0.6 is 0 Å². The van der Waals surface area contributed by atoms with E-state index in [0.717, 1.165) is 11.4 Å². The van der Waals surface area contributed by atoms with E-state index in [1.807, 2.05) is 44.2 Å². The molecule has 0 atom stereocenters. The minimum absolute atomic E-state index is 0.00792. The Morgan fingerprint density at radius 2 is 1.61 bits per heavy atom. The van der Waals surface area contributed by atoms with E-state index in [9.17, 15) is 13.2 Å². The van der Waals surface area contributed by atoms with Crippen molar-refractivity contribution in [3.8, 4) is 5.69 Å². The normalized spacial score (nSPS) is 11.4. The lowest BCUT2D eigenvalue weighted by atomic mass is 10.2. The third-order valence-corrected chi connectivity index (χ3v) is 5.73. The van der Waals surface area contributed by atoms with Crippen LogP contribution in [0.4, 0.5) is 5.69 Å². The number of sulfonamides is 1. The summed E-state index contributed by atoms with van der Waals surface area (Å²) in [6.45, 7) is 3.70. The summed E-state index contributed by atoms with van der Waals surface area (Å²) < 4.78 is 28.6. The lowest BCUT2D eigenvalue weighted by Gasteiger charge is -2.08. The van der Waals surface area contributed by atoms with Crippen LogP contribution in [0.5, 0.6) is 0 Å². The van der Waals surface area contributed by atoms with Crippen LogP contribution in [0.1, 0.15) is 17.8 Å². The molecule has 0 bridgehead atoms. The first-order valence-corrected chi connectivity index (χ1v) is 10.3. The van der Waals surface area contributed by atoms with Crippen molar-refractivity contribution in [2.75, 3.05) is 11.9 Å². The van der Waals surface area contributed by atoms with E-state index < -0.39 is 10.0 Å². The van der Waals surface area contributed by atoms with E-state index >= 15 is 0 Å². The molecule has 0 unspecified atom stereocenters. The topological polar surface area (TPSA) is 93.1 Å². The first kappa shape index (κ1) is 19.8. The number of anilines is 1. The highest BCUT2D eigenvalue weighted by molar-refractivity contribution is 7.89. The number of nitrogens with one attached hydrogen (secondary N) is 2. The molecule has 0 aliphatic heterocycles. The Hall–Kier alpha value is -2.97. The largest absolute Gasteiger partial charge is 0.323 e. The predicted octanol–water partition coefficient (Wildman–Crippen LogP) is 2.80. The van der Waals surface area contributed by atoms with E-state index in [1.54, 1.807) is 22.9 Å². The fraction of sp³-hybridized carbons (Fsp3) is 0.200.